The van der Waals surface area contributed by atoms with Gasteiger partial charge >= 0.3 is 0 Å². The molecule has 2 amide bonds. The van der Waals surface area contributed by atoms with Crippen LogP contribution in [-0.2, 0) is 26.2 Å². The molecule has 0 aliphatic rings. The maximum atomic E-state index is 13.3. The predicted molar refractivity (Wildman–Crippen MR) is 142 cm³/mol. The van der Waals surface area contributed by atoms with Crippen LogP contribution in [-0.4, -0.2) is 50.5 Å². The van der Waals surface area contributed by atoms with Crippen LogP contribution in [0.25, 0.3) is 0 Å². The number of carbonyl (C=O) groups excluding carboxylic acids is 2. The molecule has 0 aliphatic carbocycles. The molecule has 1 N–H and O–H groups in total. The Morgan fingerprint density at radius 1 is 1.06 bits per heavy atom. The first-order valence-electron chi connectivity index (χ1n) is 11.5. The Hall–Kier alpha value is -2.29. The molecular weight excluding hydrogens is 509 g/mol. The summed E-state index contributed by atoms with van der Waals surface area (Å²) in [5, 5.41) is 3.85. The standard InChI is InChI=1S/C25H33Cl2N3O4S/c1-5-22(25(32)28-6-2)29(17-19-12-14-20(26)15-13-19)24(31)11-8-16-30(35(4,33)34)23-10-7-9-21(27)18(23)3/h7,9-10,12-15,22H,5-6,8,11,16-17H2,1-4H3,(H,28,32)/t22-/m1/s1. The molecule has 7 nitrogen and oxygen atoms in total. The van der Waals surface area contributed by atoms with E-state index in [0.29, 0.717) is 34.3 Å². The Balaban J connectivity index is 2.23. The van der Waals surface area contributed by atoms with Gasteiger partial charge in [0.2, 0.25) is 21.8 Å². The van der Waals surface area contributed by atoms with Crippen LogP contribution in [0.3, 0.4) is 0 Å². The molecule has 2 aromatic rings. The zero-order chi connectivity index (χ0) is 26.2. The molecule has 0 saturated heterocycles. The topological polar surface area (TPSA) is 86.8 Å². The van der Waals surface area contributed by atoms with Crippen molar-refractivity contribution in [3.63, 3.8) is 0 Å². The molecule has 0 unspecified atom stereocenters. The van der Waals surface area contributed by atoms with E-state index in [2.05, 4.69) is 5.32 Å². The number of benzene rings is 2. The second kappa shape index (κ2) is 13.1. The zero-order valence-electron chi connectivity index (χ0n) is 20.6. The summed E-state index contributed by atoms with van der Waals surface area (Å²) in [6.45, 7) is 6.25. The highest BCUT2D eigenvalue weighted by atomic mass is 35.5. The average Bonchev–Trinajstić information content (AvgIpc) is 2.79. The van der Waals surface area contributed by atoms with Gasteiger partial charge in [-0.25, -0.2) is 8.42 Å². The zero-order valence-corrected chi connectivity index (χ0v) is 22.9. The lowest BCUT2D eigenvalue weighted by Crippen LogP contribution is -2.49. The van der Waals surface area contributed by atoms with Crippen LogP contribution in [0, 0.1) is 6.92 Å². The molecule has 1 atom stereocenters. The van der Waals surface area contributed by atoms with E-state index >= 15 is 0 Å². The molecule has 192 valence electrons. The maximum Gasteiger partial charge on any atom is 0.242 e. The quantitative estimate of drug-likeness (QED) is 0.418. The summed E-state index contributed by atoms with van der Waals surface area (Å²) < 4.78 is 26.3. The number of halogens is 2. The summed E-state index contributed by atoms with van der Waals surface area (Å²) in [5.74, 6) is -0.445. The number of hydrogen-bond donors (Lipinski definition) is 1. The number of amides is 2. The van der Waals surface area contributed by atoms with Crippen molar-refractivity contribution in [2.45, 2.75) is 52.6 Å². The van der Waals surface area contributed by atoms with Gasteiger partial charge < -0.3 is 10.2 Å². The molecule has 0 spiro atoms. The molecule has 10 heteroatoms. The van der Waals surface area contributed by atoms with Gasteiger partial charge in [-0.2, -0.15) is 0 Å². The maximum absolute atomic E-state index is 13.3. The van der Waals surface area contributed by atoms with E-state index in [4.69, 9.17) is 23.2 Å². The molecule has 2 rings (SSSR count). The Morgan fingerprint density at radius 2 is 1.71 bits per heavy atom. The Bertz CT molecular complexity index is 1120. The molecule has 0 radical (unpaired) electrons. The fourth-order valence-electron chi connectivity index (χ4n) is 3.85. The summed E-state index contributed by atoms with van der Waals surface area (Å²) in [6.07, 6.45) is 1.93. The lowest BCUT2D eigenvalue weighted by Gasteiger charge is -2.31. The van der Waals surface area contributed by atoms with Gasteiger partial charge in [-0.1, -0.05) is 48.3 Å². The smallest absolute Gasteiger partial charge is 0.242 e. The van der Waals surface area contributed by atoms with Crippen LogP contribution in [0.1, 0.15) is 44.2 Å². The fraction of sp³-hybridized carbons (Fsp3) is 0.440. The number of sulfonamides is 1. The lowest BCUT2D eigenvalue weighted by atomic mass is 10.1. The van der Waals surface area contributed by atoms with Gasteiger partial charge in [-0.15, -0.1) is 0 Å². The van der Waals surface area contributed by atoms with E-state index in [1.54, 1.807) is 42.2 Å². The fourth-order valence-corrected chi connectivity index (χ4v) is 5.16. The van der Waals surface area contributed by atoms with E-state index in [1.165, 1.54) is 4.31 Å². The predicted octanol–water partition coefficient (Wildman–Crippen LogP) is 4.79. The van der Waals surface area contributed by atoms with Crippen molar-refractivity contribution < 1.29 is 18.0 Å². The molecule has 0 aliphatic heterocycles. The first kappa shape index (κ1) is 28.9. The normalized spacial score (nSPS) is 12.2. The van der Waals surface area contributed by atoms with Gasteiger partial charge in [0.25, 0.3) is 0 Å². The number of rotatable bonds is 12. The third-order valence-electron chi connectivity index (χ3n) is 5.66. The summed E-state index contributed by atoms with van der Waals surface area (Å²) in [6, 6.07) is 11.6. The minimum absolute atomic E-state index is 0.0785. The van der Waals surface area contributed by atoms with Gasteiger partial charge in [0.1, 0.15) is 6.04 Å². The Labute approximate surface area is 218 Å². The van der Waals surface area contributed by atoms with Crippen LogP contribution in [0.5, 0.6) is 0 Å². The molecule has 0 aromatic heterocycles. The van der Waals surface area contributed by atoms with E-state index < -0.39 is 16.1 Å². The van der Waals surface area contributed by atoms with Gasteiger partial charge in [0.15, 0.2) is 0 Å². The van der Waals surface area contributed by atoms with Crippen molar-refractivity contribution in [2.24, 2.45) is 0 Å². The molecule has 0 heterocycles. The molecule has 0 saturated carbocycles. The van der Waals surface area contributed by atoms with Gasteiger partial charge in [0, 0.05) is 36.1 Å². The first-order chi connectivity index (χ1) is 16.5. The van der Waals surface area contributed by atoms with Crippen LogP contribution < -0.4 is 9.62 Å². The number of nitrogens with zero attached hydrogens (tertiary/aromatic N) is 2. The summed E-state index contributed by atoms with van der Waals surface area (Å²) in [5.41, 5.74) is 1.98. The third-order valence-corrected chi connectivity index (χ3v) is 7.50. The van der Waals surface area contributed by atoms with Crippen molar-refractivity contribution >= 4 is 50.7 Å². The highest BCUT2D eigenvalue weighted by Crippen LogP contribution is 2.28. The number of hydrogen-bond acceptors (Lipinski definition) is 4. The van der Waals surface area contributed by atoms with Crippen LogP contribution >= 0.6 is 23.2 Å². The monoisotopic (exact) mass is 541 g/mol. The van der Waals surface area contributed by atoms with Crippen molar-refractivity contribution in [3.8, 4) is 0 Å². The van der Waals surface area contributed by atoms with E-state index in [9.17, 15) is 18.0 Å². The number of likely N-dealkylation sites (N-methyl/N-ethyl adjacent to an activating group) is 1. The largest absolute Gasteiger partial charge is 0.355 e. The van der Waals surface area contributed by atoms with E-state index in [-0.39, 0.29) is 37.7 Å². The molecule has 0 bridgehead atoms. The van der Waals surface area contributed by atoms with Crippen molar-refractivity contribution in [3.05, 3.63) is 63.6 Å². The van der Waals surface area contributed by atoms with Gasteiger partial charge in [-0.3, -0.25) is 13.9 Å². The average molecular weight is 543 g/mol. The highest BCUT2D eigenvalue weighted by molar-refractivity contribution is 7.92. The lowest BCUT2D eigenvalue weighted by molar-refractivity contribution is -0.141. The highest BCUT2D eigenvalue weighted by Gasteiger charge is 2.28. The van der Waals surface area contributed by atoms with Crippen molar-refractivity contribution in [1.82, 2.24) is 10.2 Å². The Kier molecular flexibility index (Phi) is 10.9. The first-order valence-corrected chi connectivity index (χ1v) is 14.1. The Morgan fingerprint density at radius 3 is 2.29 bits per heavy atom. The summed E-state index contributed by atoms with van der Waals surface area (Å²) in [7, 11) is -3.60. The number of nitrogens with one attached hydrogen (secondary N) is 1. The molecule has 35 heavy (non-hydrogen) atoms. The van der Waals surface area contributed by atoms with E-state index in [0.717, 1.165) is 11.8 Å². The second-order valence-corrected chi connectivity index (χ2v) is 11.0. The van der Waals surface area contributed by atoms with Crippen molar-refractivity contribution in [1.29, 1.82) is 0 Å². The van der Waals surface area contributed by atoms with E-state index in [1.807, 2.05) is 26.0 Å². The van der Waals surface area contributed by atoms with Crippen LogP contribution in [0.2, 0.25) is 10.0 Å². The minimum atomic E-state index is -3.60. The number of anilines is 1. The SMILES string of the molecule is CCNC(=O)[C@@H](CC)N(Cc1ccc(Cl)cc1)C(=O)CCCN(c1cccc(Cl)c1C)S(C)(=O)=O. The number of carbonyl (C=O) groups is 2. The van der Waals surface area contributed by atoms with Gasteiger partial charge in [0.05, 0.1) is 11.9 Å². The molecular formula is C25H33Cl2N3O4S. The second-order valence-electron chi connectivity index (χ2n) is 8.29. The van der Waals surface area contributed by atoms with Crippen LogP contribution in [0.4, 0.5) is 5.69 Å². The minimum Gasteiger partial charge on any atom is -0.355 e. The summed E-state index contributed by atoms with van der Waals surface area (Å²) in [4.78, 5) is 27.6. The summed E-state index contributed by atoms with van der Waals surface area (Å²) >= 11 is 12.2. The molecule has 0 fully saturated rings. The van der Waals surface area contributed by atoms with Crippen LogP contribution in [0.15, 0.2) is 42.5 Å². The molecule has 2 aromatic carbocycles. The third kappa shape index (κ3) is 8.12. The van der Waals surface area contributed by atoms with Crippen molar-refractivity contribution in [2.75, 3.05) is 23.7 Å². The van der Waals surface area contributed by atoms with Gasteiger partial charge in [-0.05, 0) is 62.1 Å².